The molecule has 2 aromatic rings. The number of likely N-dealkylation sites (tertiary alicyclic amines) is 1. The first kappa shape index (κ1) is 25.9. The predicted molar refractivity (Wildman–Crippen MR) is 140 cm³/mol. The number of carbonyl (C=O) groups is 1. The van der Waals surface area contributed by atoms with Crippen LogP contribution in [0.4, 0.5) is 0 Å². The Bertz CT molecular complexity index is 1210. The molecule has 194 valence electrons. The highest BCUT2D eigenvalue weighted by molar-refractivity contribution is 6.29. The van der Waals surface area contributed by atoms with Gasteiger partial charge in [-0.1, -0.05) is 17.7 Å². The van der Waals surface area contributed by atoms with Crippen molar-refractivity contribution in [3.63, 3.8) is 0 Å². The summed E-state index contributed by atoms with van der Waals surface area (Å²) in [7, 11) is 0. The summed E-state index contributed by atoms with van der Waals surface area (Å²) in [6, 6.07) is 6.62. The number of rotatable bonds is 4. The van der Waals surface area contributed by atoms with Gasteiger partial charge in [-0.2, -0.15) is 0 Å². The number of benzene rings is 1. The first-order valence-electron chi connectivity index (χ1n) is 12.3. The van der Waals surface area contributed by atoms with Gasteiger partial charge in [0.15, 0.2) is 11.5 Å². The van der Waals surface area contributed by atoms with Crippen LogP contribution >= 0.6 is 36.4 Å². The van der Waals surface area contributed by atoms with Gasteiger partial charge in [-0.15, -0.1) is 24.8 Å². The van der Waals surface area contributed by atoms with E-state index in [1.54, 1.807) is 18.2 Å². The molecule has 1 spiro atoms. The fourth-order valence-electron chi connectivity index (χ4n) is 7.42. The fourth-order valence-corrected chi connectivity index (χ4v) is 7.60. The average molecular weight is 555 g/mol. The fraction of sp³-hybridized carbons (Fsp3) is 0.538. The third-order valence-electron chi connectivity index (χ3n) is 9.07. The molecule has 1 aromatic carbocycles. The highest BCUT2D eigenvalue weighted by atomic mass is 35.5. The van der Waals surface area contributed by atoms with Crippen LogP contribution in [-0.4, -0.2) is 62.9 Å². The van der Waals surface area contributed by atoms with Crippen molar-refractivity contribution in [2.75, 3.05) is 13.1 Å². The molecule has 36 heavy (non-hydrogen) atoms. The van der Waals surface area contributed by atoms with E-state index in [9.17, 15) is 15.0 Å². The van der Waals surface area contributed by atoms with Crippen molar-refractivity contribution in [1.29, 1.82) is 0 Å². The van der Waals surface area contributed by atoms with E-state index in [4.69, 9.17) is 16.3 Å². The van der Waals surface area contributed by atoms with Gasteiger partial charge in [-0.3, -0.25) is 9.69 Å². The molecular formula is C26H30Cl3N3O4. The smallest absolute Gasteiger partial charge is 0.251 e. The van der Waals surface area contributed by atoms with Crippen LogP contribution in [0.1, 0.15) is 53.6 Å². The lowest BCUT2D eigenvalue weighted by Gasteiger charge is -2.64. The number of aromatic hydroxyl groups is 1. The lowest BCUT2D eigenvalue weighted by molar-refractivity contribution is -0.191. The van der Waals surface area contributed by atoms with Crippen molar-refractivity contribution in [2.24, 2.45) is 5.92 Å². The number of nitrogens with zero attached hydrogens (tertiary/aromatic N) is 2. The van der Waals surface area contributed by atoms with Crippen LogP contribution < -0.4 is 10.1 Å². The van der Waals surface area contributed by atoms with Gasteiger partial charge in [-0.05, 0) is 74.8 Å². The number of carbonyl (C=O) groups excluding carboxylic acids is 1. The quantitative estimate of drug-likeness (QED) is 0.500. The van der Waals surface area contributed by atoms with Gasteiger partial charge in [-0.25, -0.2) is 4.98 Å². The molecule has 5 aliphatic rings. The van der Waals surface area contributed by atoms with Gasteiger partial charge < -0.3 is 20.3 Å². The number of amides is 1. The van der Waals surface area contributed by atoms with Gasteiger partial charge in [0.2, 0.25) is 0 Å². The van der Waals surface area contributed by atoms with E-state index >= 15 is 0 Å². The Labute approximate surface area is 227 Å². The predicted octanol–water partition coefficient (Wildman–Crippen LogP) is 3.65. The molecule has 7 rings (SSSR count). The van der Waals surface area contributed by atoms with Gasteiger partial charge in [0.1, 0.15) is 11.3 Å². The summed E-state index contributed by atoms with van der Waals surface area (Å²) in [4.78, 5) is 19.6. The van der Waals surface area contributed by atoms with Crippen molar-refractivity contribution in [3.8, 4) is 11.5 Å². The molecule has 1 aromatic heterocycles. The maximum Gasteiger partial charge on any atom is 0.251 e. The van der Waals surface area contributed by atoms with Crippen molar-refractivity contribution >= 4 is 42.3 Å². The Balaban J connectivity index is 0.00000133. The molecule has 2 aliphatic heterocycles. The average Bonchev–Trinajstić information content (AvgIpc) is 3.56. The van der Waals surface area contributed by atoms with Gasteiger partial charge in [0, 0.05) is 29.9 Å². The Morgan fingerprint density at radius 3 is 2.78 bits per heavy atom. The van der Waals surface area contributed by atoms with E-state index in [0.717, 1.165) is 43.0 Å². The highest BCUT2D eigenvalue weighted by Gasteiger charge is 2.73. The monoisotopic (exact) mass is 553 g/mol. The first-order chi connectivity index (χ1) is 16.4. The molecule has 10 heteroatoms. The number of piperidine rings is 1. The number of aliphatic hydroxyl groups is 1. The molecule has 1 saturated heterocycles. The van der Waals surface area contributed by atoms with E-state index in [2.05, 4.69) is 15.2 Å². The van der Waals surface area contributed by atoms with Gasteiger partial charge in [0.05, 0.1) is 17.1 Å². The van der Waals surface area contributed by atoms with E-state index in [-0.39, 0.29) is 53.7 Å². The molecule has 2 saturated carbocycles. The Hall–Kier alpha value is -1.77. The standard InChI is InChI=1S/C26H28ClN3O4.2ClH/c27-20-12-16(6-9-28-20)24(32)29-17-5-7-26(33)19-11-15-3-4-18(31)22-21(15)25(26,23(17)34-22)8-10-30(19)13-14-1-2-14;;/h3-4,6,9,12,14,17,19,23,31,33H,1-2,5,7-8,10-11,13H2,(H,29,32);2*1H/t17-,19-,23+,25+,26-;;/m1../s1. The van der Waals surface area contributed by atoms with Crippen LogP contribution in [0.3, 0.4) is 0 Å². The van der Waals surface area contributed by atoms with Crippen LogP contribution in [0.25, 0.3) is 0 Å². The molecule has 5 atom stereocenters. The van der Waals surface area contributed by atoms with Gasteiger partial charge >= 0.3 is 0 Å². The van der Waals surface area contributed by atoms with E-state index < -0.39 is 17.1 Å². The van der Waals surface area contributed by atoms with Crippen molar-refractivity contribution in [1.82, 2.24) is 15.2 Å². The molecule has 1 amide bonds. The van der Waals surface area contributed by atoms with Crippen LogP contribution in [0.5, 0.6) is 11.5 Å². The summed E-state index contributed by atoms with van der Waals surface area (Å²) in [5, 5.41) is 26.6. The zero-order chi connectivity index (χ0) is 23.2. The number of nitrogens with one attached hydrogen (secondary N) is 1. The number of hydrogen-bond donors (Lipinski definition) is 3. The van der Waals surface area contributed by atoms with E-state index in [0.29, 0.717) is 24.2 Å². The largest absolute Gasteiger partial charge is 0.504 e. The normalized spacial score (nSPS) is 33.4. The van der Waals surface area contributed by atoms with Crippen LogP contribution in [0, 0.1) is 5.92 Å². The number of halogens is 3. The van der Waals surface area contributed by atoms with Gasteiger partial charge in [0.25, 0.3) is 5.91 Å². The third-order valence-corrected chi connectivity index (χ3v) is 9.27. The summed E-state index contributed by atoms with van der Waals surface area (Å²) in [5.74, 6) is 1.10. The summed E-state index contributed by atoms with van der Waals surface area (Å²) in [6.45, 7) is 1.93. The molecule has 0 unspecified atom stereocenters. The minimum atomic E-state index is -0.960. The lowest BCUT2D eigenvalue weighted by atomic mass is 9.48. The number of hydrogen-bond acceptors (Lipinski definition) is 6. The molecule has 3 N–H and O–H groups in total. The topological polar surface area (TPSA) is 94.9 Å². The minimum Gasteiger partial charge on any atom is -0.504 e. The Morgan fingerprint density at radius 1 is 1.22 bits per heavy atom. The highest BCUT2D eigenvalue weighted by Crippen LogP contribution is 2.65. The number of phenols is 1. The molecule has 3 fully saturated rings. The minimum absolute atomic E-state index is 0. The maximum absolute atomic E-state index is 13.1. The lowest BCUT2D eigenvalue weighted by Crippen LogP contribution is -2.78. The van der Waals surface area contributed by atoms with Crippen molar-refractivity contribution < 1.29 is 19.7 Å². The molecular weight excluding hydrogens is 525 g/mol. The summed E-state index contributed by atoms with van der Waals surface area (Å²) in [6.07, 6.45) is 6.31. The second kappa shape index (κ2) is 8.91. The van der Waals surface area contributed by atoms with E-state index in [1.807, 2.05) is 6.07 Å². The second-order valence-corrected chi connectivity index (χ2v) is 11.2. The Morgan fingerprint density at radius 2 is 2.03 bits per heavy atom. The number of ether oxygens (including phenoxy) is 1. The summed E-state index contributed by atoms with van der Waals surface area (Å²) in [5.41, 5.74) is 0.952. The van der Waals surface area contributed by atoms with E-state index in [1.165, 1.54) is 19.0 Å². The zero-order valence-electron chi connectivity index (χ0n) is 19.7. The molecule has 3 aliphatic carbocycles. The number of phenolic OH excluding ortho intramolecular Hbond substituents is 1. The zero-order valence-corrected chi connectivity index (χ0v) is 22.0. The SMILES string of the molecule is Cl.Cl.O=C(N[C@@H]1CC[C@@]2(O)[C@H]3Cc4ccc(O)c5c4[C@@]2(CCN3CC2CC2)[C@H]1O5)c1ccnc(Cl)c1. The van der Waals surface area contributed by atoms with Crippen molar-refractivity contribution in [3.05, 3.63) is 52.3 Å². The van der Waals surface area contributed by atoms with Crippen molar-refractivity contribution in [2.45, 2.75) is 67.7 Å². The Kier molecular flexibility index (Phi) is 6.40. The maximum atomic E-state index is 13.1. The molecule has 0 radical (unpaired) electrons. The molecule has 3 heterocycles. The van der Waals surface area contributed by atoms with Crippen LogP contribution in [0.2, 0.25) is 5.15 Å². The molecule has 2 bridgehead atoms. The molecule has 7 nitrogen and oxygen atoms in total. The first-order valence-corrected chi connectivity index (χ1v) is 12.7. The van der Waals surface area contributed by atoms with Crippen LogP contribution in [-0.2, 0) is 11.8 Å². The number of pyridine rings is 1. The third kappa shape index (κ3) is 3.47. The summed E-state index contributed by atoms with van der Waals surface area (Å²) < 4.78 is 6.49. The van der Waals surface area contributed by atoms with Crippen LogP contribution in [0.15, 0.2) is 30.5 Å². The summed E-state index contributed by atoms with van der Waals surface area (Å²) >= 11 is 6.00. The number of aromatic nitrogens is 1. The second-order valence-electron chi connectivity index (χ2n) is 10.8.